The van der Waals surface area contributed by atoms with E-state index in [0.29, 0.717) is 31.1 Å². The summed E-state index contributed by atoms with van der Waals surface area (Å²) in [5, 5.41) is 20.3. The highest BCUT2D eigenvalue weighted by Gasteiger charge is 2.28. The number of nitrogens with one attached hydrogen (secondary N) is 1. The topological polar surface area (TPSA) is 83.7 Å². The molecule has 114 valence electrons. The molecule has 0 aliphatic carbocycles. The molecular formula is C13H24N4O3. The minimum Gasteiger partial charge on any atom is -0.407 e. The fourth-order valence-electron chi connectivity index (χ4n) is 2.52. The average molecular weight is 284 g/mol. The molecular weight excluding hydrogens is 260 g/mol. The summed E-state index contributed by atoms with van der Waals surface area (Å²) in [6, 6.07) is 1.02. The van der Waals surface area contributed by atoms with E-state index < -0.39 is 0 Å². The molecule has 1 aromatic rings. The second-order valence-electron chi connectivity index (χ2n) is 5.00. The lowest BCUT2D eigenvalue weighted by atomic mass is 10.1. The van der Waals surface area contributed by atoms with Crippen molar-refractivity contribution in [3.63, 3.8) is 0 Å². The van der Waals surface area contributed by atoms with Crippen molar-refractivity contribution in [2.24, 2.45) is 0 Å². The monoisotopic (exact) mass is 284 g/mol. The van der Waals surface area contributed by atoms with E-state index in [1.165, 1.54) is 0 Å². The minimum absolute atomic E-state index is 0.239. The van der Waals surface area contributed by atoms with Crippen molar-refractivity contribution in [1.29, 1.82) is 0 Å². The van der Waals surface area contributed by atoms with Crippen molar-refractivity contribution in [3.8, 4) is 0 Å². The summed E-state index contributed by atoms with van der Waals surface area (Å²) in [5.41, 5.74) is 0. The summed E-state index contributed by atoms with van der Waals surface area (Å²) in [4.78, 5) is 2.17. The first-order valence-corrected chi connectivity index (χ1v) is 7.24. The molecule has 1 fully saturated rings. The largest absolute Gasteiger partial charge is 0.407 e. The number of methoxy groups -OCH3 is 1. The summed E-state index contributed by atoms with van der Waals surface area (Å²) >= 11 is 0. The molecule has 0 radical (unpaired) electrons. The third kappa shape index (κ3) is 4.16. The van der Waals surface area contributed by atoms with E-state index in [1.54, 1.807) is 7.11 Å². The van der Waals surface area contributed by atoms with Crippen LogP contribution in [0, 0.1) is 0 Å². The molecule has 20 heavy (non-hydrogen) atoms. The van der Waals surface area contributed by atoms with Crippen LogP contribution in [0.15, 0.2) is 4.42 Å². The van der Waals surface area contributed by atoms with Gasteiger partial charge in [0, 0.05) is 32.8 Å². The van der Waals surface area contributed by atoms with E-state index in [-0.39, 0.29) is 6.61 Å². The number of anilines is 1. The Morgan fingerprint density at radius 1 is 1.50 bits per heavy atom. The van der Waals surface area contributed by atoms with Crippen LogP contribution in [0.4, 0.5) is 6.01 Å². The lowest BCUT2D eigenvalue weighted by Crippen LogP contribution is -2.29. The van der Waals surface area contributed by atoms with Gasteiger partial charge >= 0.3 is 6.01 Å². The smallest absolute Gasteiger partial charge is 0.318 e. The molecule has 1 atom stereocenters. The van der Waals surface area contributed by atoms with E-state index in [9.17, 15) is 0 Å². The number of aliphatic hydroxyl groups is 1. The third-order valence-corrected chi connectivity index (χ3v) is 3.53. The average Bonchev–Trinajstić information content (AvgIpc) is 3.10. The lowest BCUT2D eigenvalue weighted by Gasteiger charge is -2.21. The fourth-order valence-corrected chi connectivity index (χ4v) is 2.52. The van der Waals surface area contributed by atoms with Gasteiger partial charge < -0.3 is 24.5 Å². The fraction of sp³-hybridized carbons (Fsp3) is 0.846. The third-order valence-electron chi connectivity index (χ3n) is 3.53. The van der Waals surface area contributed by atoms with Gasteiger partial charge in [-0.3, -0.25) is 0 Å². The van der Waals surface area contributed by atoms with E-state index in [4.69, 9.17) is 14.3 Å². The molecule has 0 aromatic carbocycles. The van der Waals surface area contributed by atoms with Crippen molar-refractivity contribution in [3.05, 3.63) is 5.89 Å². The minimum atomic E-state index is 0.239. The summed E-state index contributed by atoms with van der Waals surface area (Å²) < 4.78 is 10.7. The molecule has 7 heteroatoms. The molecule has 0 spiro atoms. The van der Waals surface area contributed by atoms with Crippen LogP contribution in [0.3, 0.4) is 0 Å². The standard InChI is InChI=1S/C13H24N4O3/c1-19-9-6-14-10-12-15-16-13(20-12)17-7-2-4-11(17)5-3-8-18/h11,14,18H,2-10H2,1H3. The van der Waals surface area contributed by atoms with Crippen LogP contribution in [0.2, 0.25) is 0 Å². The first-order valence-electron chi connectivity index (χ1n) is 7.24. The Morgan fingerprint density at radius 2 is 2.40 bits per heavy atom. The number of aromatic nitrogens is 2. The summed E-state index contributed by atoms with van der Waals surface area (Å²) in [6.07, 6.45) is 4.06. The van der Waals surface area contributed by atoms with Gasteiger partial charge in [0.05, 0.1) is 13.2 Å². The molecule has 2 rings (SSSR count). The number of hydrogen-bond acceptors (Lipinski definition) is 7. The quantitative estimate of drug-likeness (QED) is 0.640. The van der Waals surface area contributed by atoms with Crippen molar-refractivity contribution < 1.29 is 14.3 Å². The second kappa shape index (κ2) is 8.18. The number of aliphatic hydroxyl groups excluding tert-OH is 1. The highest BCUT2D eigenvalue weighted by atomic mass is 16.5. The molecule has 2 heterocycles. The van der Waals surface area contributed by atoms with Gasteiger partial charge in [0.15, 0.2) is 0 Å². The predicted octanol–water partition coefficient (Wildman–Crippen LogP) is 0.547. The molecule has 2 N–H and O–H groups in total. The Balaban J connectivity index is 1.84. The van der Waals surface area contributed by atoms with Gasteiger partial charge in [-0.05, 0) is 25.7 Å². The Hall–Kier alpha value is -1.18. The zero-order chi connectivity index (χ0) is 14.2. The number of ether oxygens (including phenoxy) is 1. The second-order valence-corrected chi connectivity index (χ2v) is 5.00. The molecule has 0 saturated carbocycles. The number of nitrogens with zero attached hydrogens (tertiary/aromatic N) is 3. The molecule has 0 bridgehead atoms. The van der Waals surface area contributed by atoms with Crippen molar-refractivity contribution in [1.82, 2.24) is 15.5 Å². The SMILES string of the molecule is COCCNCc1nnc(N2CCCC2CCCO)o1. The summed E-state index contributed by atoms with van der Waals surface area (Å²) in [5.74, 6) is 0.601. The molecule has 1 aromatic heterocycles. The van der Waals surface area contributed by atoms with E-state index in [0.717, 1.165) is 38.8 Å². The Morgan fingerprint density at radius 3 is 3.20 bits per heavy atom. The first kappa shape index (κ1) is 15.2. The Kier molecular flexibility index (Phi) is 6.23. The van der Waals surface area contributed by atoms with Gasteiger partial charge in [-0.2, -0.15) is 0 Å². The Bertz CT molecular complexity index is 385. The van der Waals surface area contributed by atoms with Crippen molar-refractivity contribution in [2.45, 2.75) is 38.3 Å². The van der Waals surface area contributed by atoms with Crippen LogP contribution in [0.25, 0.3) is 0 Å². The van der Waals surface area contributed by atoms with Gasteiger partial charge in [0.25, 0.3) is 0 Å². The maximum Gasteiger partial charge on any atom is 0.318 e. The molecule has 0 amide bonds. The van der Waals surface area contributed by atoms with Crippen LogP contribution < -0.4 is 10.2 Å². The maximum atomic E-state index is 8.94. The predicted molar refractivity (Wildman–Crippen MR) is 74.6 cm³/mol. The zero-order valence-electron chi connectivity index (χ0n) is 12.0. The summed E-state index contributed by atoms with van der Waals surface area (Å²) in [7, 11) is 1.67. The molecule has 1 saturated heterocycles. The van der Waals surface area contributed by atoms with Crippen molar-refractivity contribution in [2.75, 3.05) is 38.3 Å². The molecule has 1 aliphatic heterocycles. The molecule has 7 nitrogen and oxygen atoms in total. The van der Waals surface area contributed by atoms with E-state index in [2.05, 4.69) is 20.4 Å². The van der Waals surface area contributed by atoms with Crippen molar-refractivity contribution >= 4 is 6.01 Å². The van der Waals surface area contributed by atoms with Crippen LogP contribution in [0.1, 0.15) is 31.6 Å². The van der Waals surface area contributed by atoms with E-state index in [1.807, 2.05) is 0 Å². The van der Waals surface area contributed by atoms with Crippen LogP contribution in [-0.2, 0) is 11.3 Å². The summed E-state index contributed by atoms with van der Waals surface area (Å²) in [6.45, 7) is 3.18. The highest BCUT2D eigenvalue weighted by Crippen LogP contribution is 2.26. The van der Waals surface area contributed by atoms with Crippen LogP contribution in [-0.4, -0.2) is 54.8 Å². The Labute approximate surface area is 119 Å². The normalized spacial score (nSPS) is 18.9. The van der Waals surface area contributed by atoms with Gasteiger partial charge in [-0.1, -0.05) is 5.10 Å². The van der Waals surface area contributed by atoms with Crippen LogP contribution >= 0.6 is 0 Å². The first-order chi connectivity index (χ1) is 9.85. The number of rotatable bonds is 9. The van der Waals surface area contributed by atoms with E-state index >= 15 is 0 Å². The maximum absolute atomic E-state index is 8.94. The van der Waals surface area contributed by atoms with Crippen LogP contribution in [0.5, 0.6) is 0 Å². The van der Waals surface area contributed by atoms with Gasteiger partial charge in [0.1, 0.15) is 0 Å². The lowest BCUT2D eigenvalue weighted by molar-refractivity contribution is 0.198. The van der Waals surface area contributed by atoms with Gasteiger partial charge in [-0.25, -0.2) is 0 Å². The molecule has 1 aliphatic rings. The molecule has 1 unspecified atom stereocenters. The van der Waals surface area contributed by atoms with Gasteiger partial charge in [0.2, 0.25) is 5.89 Å². The zero-order valence-corrected chi connectivity index (χ0v) is 12.0. The number of hydrogen-bond donors (Lipinski definition) is 2. The van der Waals surface area contributed by atoms with Gasteiger partial charge in [-0.15, -0.1) is 5.10 Å². The highest BCUT2D eigenvalue weighted by molar-refractivity contribution is 5.28.